The van der Waals surface area contributed by atoms with Gasteiger partial charge in [-0.3, -0.25) is 5.84 Å². The van der Waals surface area contributed by atoms with Crippen molar-refractivity contribution in [3.63, 3.8) is 0 Å². The van der Waals surface area contributed by atoms with Crippen LogP contribution in [0, 0.1) is 27.7 Å². The van der Waals surface area contributed by atoms with Crippen molar-refractivity contribution in [2.45, 2.75) is 33.7 Å². The van der Waals surface area contributed by atoms with Crippen LogP contribution < -0.4 is 16.0 Å². The van der Waals surface area contributed by atoms with Crippen LogP contribution in [0.3, 0.4) is 0 Å². The lowest BCUT2D eigenvalue weighted by molar-refractivity contribution is 0.400. The summed E-state index contributed by atoms with van der Waals surface area (Å²) in [5.74, 6) is 6.75. The number of nitrogens with one attached hydrogen (secondary N) is 1. The Morgan fingerprint density at radius 1 is 0.952 bits per heavy atom. The SMILES string of the molecule is COc1c(C(NN)c2ccc(C)cc2C)ccc(C)c1C. The molecule has 0 aliphatic heterocycles. The van der Waals surface area contributed by atoms with Crippen molar-refractivity contribution in [2.75, 3.05) is 7.11 Å². The van der Waals surface area contributed by atoms with Crippen molar-refractivity contribution < 1.29 is 4.74 Å². The molecule has 112 valence electrons. The Kier molecular flexibility index (Phi) is 4.66. The number of hydrogen-bond acceptors (Lipinski definition) is 3. The molecule has 0 fully saturated rings. The highest BCUT2D eigenvalue weighted by molar-refractivity contribution is 5.50. The van der Waals surface area contributed by atoms with E-state index in [1.807, 2.05) is 0 Å². The summed E-state index contributed by atoms with van der Waals surface area (Å²) in [4.78, 5) is 0. The van der Waals surface area contributed by atoms with E-state index in [0.717, 1.165) is 16.9 Å². The standard InChI is InChI=1S/C18H24N2O/c1-11-6-8-15(13(3)10-11)17(20-19)16-9-7-12(2)14(4)18(16)21-5/h6-10,17,20H,19H2,1-5H3. The molecule has 0 saturated carbocycles. The van der Waals surface area contributed by atoms with Crippen LogP contribution in [0.2, 0.25) is 0 Å². The highest BCUT2D eigenvalue weighted by atomic mass is 16.5. The lowest BCUT2D eigenvalue weighted by atomic mass is 9.91. The molecule has 2 rings (SSSR count). The Bertz CT molecular complexity index is 650. The van der Waals surface area contributed by atoms with E-state index in [1.165, 1.54) is 22.3 Å². The molecule has 1 unspecified atom stereocenters. The molecule has 3 heteroatoms. The largest absolute Gasteiger partial charge is 0.496 e. The second-order valence-corrected chi connectivity index (χ2v) is 5.59. The molecular formula is C18H24N2O. The Labute approximate surface area is 127 Å². The van der Waals surface area contributed by atoms with Crippen molar-refractivity contribution in [1.82, 2.24) is 5.43 Å². The van der Waals surface area contributed by atoms with Gasteiger partial charge in [0.25, 0.3) is 0 Å². The van der Waals surface area contributed by atoms with Gasteiger partial charge in [0.15, 0.2) is 0 Å². The Morgan fingerprint density at radius 3 is 2.19 bits per heavy atom. The normalized spacial score (nSPS) is 12.3. The van der Waals surface area contributed by atoms with Crippen molar-refractivity contribution in [3.8, 4) is 5.75 Å². The fourth-order valence-corrected chi connectivity index (χ4v) is 2.81. The molecule has 2 aromatic carbocycles. The number of rotatable bonds is 4. The zero-order valence-electron chi connectivity index (χ0n) is 13.4. The van der Waals surface area contributed by atoms with Gasteiger partial charge in [-0.2, -0.15) is 0 Å². The van der Waals surface area contributed by atoms with Crippen molar-refractivity contribution in [2.24, 2.45) is 5.84 Å². The average molecular weight is 284 g/mol. The highest BCUT2D eigenvalue weighted by Crippen LogP contribution is 2.34. The molecule has 3 N–H and O–H groups in total. The zero-order valence-corrected chi connectivity index (χ0v) is 13.4. The third-order valence-electron chi connectivity index (χ3n) is 4.13. The van der Waals surface area contributed by atoms with Crippen molar-refractivity contribution >= 4 is 0 Å². The van der Waals surface area contributed by atoms with Gasteiger partial charge in [-0.15, -0.1) is 0 Å². The van der Waals surface area contributed by atoms with E-state index in [0.29, 0.717) is 0 Å². The maximum absolute atomic E-state index is 5.85. The van der Waals surface area contributed by atoms with Gasteiger partial charge in [0.2, 0.25) is 0 Å². The topological polar surface area (TPSA) is 47.3 Å². The molecule has 0 saturated heterocycles. The molecule has 0 aliphatic carbocycles. The van der Waals surface area contributed by atoms with E-state index in [4.69, 9.17) is 10.6 Å². The molecule has 21 heavy (non-hydrogen) atoms. The van der Waals surface area contributed by atoms with Crippen LogP contribution in [0.15, 0.2) is 30.3 Å². The summed E-state index contributed by atoms with van der Waals surface area (Å²) in [6.45, 7) is 8.37. The molecule has 1 atom stereocenters. The molecule has 0 bridgehead atoms. The zero-order chi connectivity index (χ0) is 15.6. The molecule has 0 spiro atoms. The van der Waals surface area contributed by atoms with Crippen LogP contribution in [-0.4, -0.2) is 7.11 Å². The summed E-state index contributed by atoms with van der Waals surface area (Å²) in [7, 11) is 1.71. The smallest absolute Gasteiger partial charge is 0.127 e. The molecule has 2 aromatic rings. The first kappa shape index (κ1) is 15.5. The van der Waals surface area contributed by atoms with Crippen LogP contribution in [-0.2, 0) is 0 Å². The second kappa shape index (κ2) is 6.29. The van der Waals surface area contributed by atoms with Crippen LogP contribution in [0.25, 0.3) is 0 Å². The summed E-state index contributed by atoms with van der Waals surface area (Å²) < 4.78 is 5.63. The molecular weight excluding hydrogens is 260 g/mol. The predicted molar refractivity (Wildman–Crippen MR) is 87.6 cm³/mol. The monoisotopic (exact) mass is 284 g/mol. The first-order chi connectivity index (χ1) is 9.99. The number of hydrogen-bond donors (Lipinski definition) is 2. The van der Waals surface area contributed by atoms with E-state index in [-0.39, 0.29) is 6.04 Å². The first-order valence-corrected chi connectivity index (χ1v) is 7.17. The van der Waals surface area contributed by atoms with E-state index in [2.05, 4.69) is 63.5 Å². The maximum Gasteiger partial charge on any atom is 0.127 e. The minimum absolute atomic E-state index is 0.0835. The number of methoxy groups -OCH3 is 1. The van der Waals surface area contributed by atoms with Gasteiger partial charge in [-0.1, -0.05) is 35.9 Å². The quantitative estimate of drug-likeness (QED) is 0.667. The second-order valence-electron chi connectivity index (χ2n) is 5.59. The van der Waals surface area contributed by atoms with Gasteiger partial charge < -0.3 is 4.74 Å². The van der Waals surface area contributed by atoms with Crippen molar-refractivity contribution in [1.29, 1.82) is 0 Å². The predicted octanol–water partition coefficient (Wildman–Crippen LogP) is 3.48. The fourth-order valence-electron chi connectivity index (χ4n) is 2.81. The van der Waals surface area contributed by atoms with E-state index >= 15 is 0 Å². The number of aryl methyl sites for hydroxylation is 3. The summed E-state index contributed by atoms with van der Waals surface area (Å²) in [5, 5.41) is 0. The summed E-state index contributed by atoms with van der Waals surface area (Å²) in [6, 6.07) is 10.5. The van der Waals surface area contributed by atoms with Crippen LogP contribution in [0.4, 0.5) is 0 Å². The van der Waals surface area contributed by atoms with Gasteiger partial charge >= 0.3 is 0 Å². The molecule has 0 aromatic heterocycles. The van der Waals surface area contributed by atoms with E-state index in [9.17, 15) is 0 Å². The lowest BCUT2D eigenvalue weighted by Gasteiger charge is -2.23. The van der Waals surface area contributed by atoms with Gasteiger partial charge in [-0.05, 0) is 49.9 Å². The third-order valence-corrected chi connectivity index (χ3v) is 4.13. The molecule has 0 radical (unpaired) electrons. The molecule has 0 heterocycles. The number of benzene rings is 2. The van der Waals surface area contributed by atoms with E-state index in [1.54, 1.807) is 7.11 Å². The molecule has 3 nitrogen and oxygen atoms in total. The number of hydrazine groups is 1. The Morgan fingerprint density at radius 2 is 1.62 bits per heavy atom. The van der Waals surface area contributed by atoms with Crippen molar-refractivity contribution in [3.05, 3.63) is 63.7 Å². The minimum atomic E-state index is -0.0835. The van der Waals surface area contributed by atoms with Crippen LogP contribution in [0.1, 0.15) is 39.4 Å². The van der Waals surface area contributed by atoms with Gasteiger partial charge in [0.05, 0.1) is 13.2 Å². The fraction of sp³-hybridized carbons (Fsp3) is 0.333. The summed E-state index contributed by atoms with van der Waals surface area (Å²) in [6.07, 6.45) is 0. The minimum Gasteiger partial charge on any atom is -0.496 e. The molecule has 0 amide bonds. The first-order valence-electron chi connectivity index (χ1n) is 7.17. The Balaban J connectivity index is 2.59. The molecule has 0 aliphatic rings. The Hall–Kier alpha value is -1.84. The van der Waals surface area contributed by atoms with Gasteiger partial charge in [0.1, 0.15) is 5.75 Å². The third kappa shape index (κ3) is 2.94. The number of nitrogens with two attached hydrogens (primary N) is 1. The summed E-state index contributed by atoms with van der Waals surface area (Å²) in [5.41, 5.74) is 10.0. The van der Waals surface area contributed by atoms with Gasteiger partial charge in [-0.25, -0.2) is 5.43 Å². The number of ether oxygens (including phenoxy) is 1. The van der Waals surface area contributed by atoms with Crippen LogP contribution in [0.5, 0.6) is 5.75 Å². The van der Waals surface area contributed by atoms with Gasteiger partial charge in [0, 0.05) is 5.56 Å². The highest BCUT2D eigenvalue weighted by Gasteiger charge is 2.20. The summed E-state index contributed by atoms with van der Waals surface area (Å²) >= 11 is 0. The van der Waals surface area contributed by atoms with E-state index < -0.39 is 0 Å². The average Bonchev–Trinajstić information content (AvgIpc) is 2.45. The lowest BCUT2D eigenvalue weighted by Crippen LogP contribution is -2.30. The maximum atomic E-state index is 5.85. The van der Waals surface area contributed by atoms with Crippen LogP contribution >= 0.6 is 0 Å².